The van der Waals surface area contributed by atoms with Crippen LogP contribution in [-0.4, -0.2) is 6.71 Å². The van der Waals surface area contributed by atoms with Crippen molar-refractivity contribution in [1.29, 1.82) is 0 Å². The standard InChI is InChI=1S/C42H33BP2/c1-6-20-34(21-7-1)43(39-30-16-18-32-41(39)44(35-22-8-2-9-23-35)36-24-10-3-11-25-36)40-31-17-19-33-42(40)45(37-26-12-4-13-27-37)38-28-14-5-15-29-38/h1-33H/q-1. The van der Waals surface area contributed by atoms with Crippen molar-refractivity contribution in [1.82, 2.24) is 0 Å². The number of rotatable bonds is 9. The van der Waals surface area contributed by atoms with Crippen LogP contribution in [0, 0.1) is 0 Å². The largest absolute Gasteiger partial charge is 0.233 e. The molecule has 0 aliphatic heterocycles. The van der Waals surface area contributed by atoms with Crippen molar-refractivity contribution in [2.45, 2.75) is 0 Å². The summed E-state index contributed by atoms with van der Waals surface area (Å²) in [6.45, 7) is 0.0634. The second-order valence-corrected chi connectivity index (χ2v) is 15.3. The molecule has 0 amide bonds. The Bertz CT molecular complexity index is 1740. The summed E-state index contributed by atoms with van der Waals surface area (Å²) in [6, 6.07) is 73.7. The van der Waals surface area contributed by atoms with Gasteiger partial charge in [0.1, 0.15) is 0 Å². The Hall–Kier alpha value is -4.54. The fourth-order valence-corrected chi connectivity index (χ4v) is 11.2. The van der Waals surface area contributed by atoms with E-state index >= 15 is 0 Å². The molecule has 0 aromatic heterocycles. The minimum absolute atomic E-state index is 0.0634. The number of benzene rings is 7. The quantitative estimate of drug-likeness (QED) is 0.145. The van der Waals surface area contributed by atoms with Crippen molar-refractivity contribution in [3.05, 3.63) is 200 Å². The maximum atomic E-state index is 2.37. The van der Waals surface area contributed by atoms with Crippen LogP contribution in [-0.2, 0) is 0 Å². The first-order valence-electron chi connectivity index (χ1n) is 15.4. The van der Waals surface area contributed by atoms with Crippen molar-refractivity contribution in [2.75, 3.05) is 0 Å². The zero-order valence-corrected chi connectivity index (χ0v) is 26.8. The maximum Gasteiger partial charge on any atom is -0.0152 e. The normalized spacial score (nSPS) is 11.3. The lowest BCUT2D eigenvalue weighted by molar-refractivity contribution is 1.73. The average molecular weight is 610 g/mol. The van der Waals surface area contributed by atoms with Crippen molar-refractivity contribution in [3.63, 3.8) is 0 Å². The minimum atomic E-state index is -0.787. The lowest BCUT2D eigenvalue weighted by Gasteiger charge is -2.38. The van der Waals surface area contributed by atoms with E-state index in [9.17, 15) is 0 Å². The predicted octanol–water partition coefficient (Wildman–Crippen LogP) is 5.72. The third kappa shape index (κ3) is 6.34. The Balaban J connectivity index is 1.49. The lowest BCUT2D eigenvalue weighted by Crippen LogP contribution is -2.60. The molecule has 0 nitrogen and oxygen atoms in total. The van der Waals surface area contributed by atoms with Crippen LogP contribution in [0.3, 0.4) is 0 Å². The monoisotopic (exact) mass is 610 g/mol. The van der Waals surface area contributed by atoms with Gasteiger partial charge in [-0.25, -0.2) is 16.4 Å². The minimum Gasteiger partial charge on any atom is -0.233 e. The molecule has 1 radical (unpaired) electrons. The summed E-state index contributed by atoms with van der Waals surface area (Å²) in [5.41, 5.74) is 4.04. The molecule has 0 saturated carbocycles. The molecule has 3 heteroatoms. The lowest BCUT2D eigenvalue weighted by atomic mass is 9.37. The second-order valence-electron chi connectivity index (χ2n) is 11.0. The Morgan fingerprint density at radius 1 is 0.267 bits per heavy atom. The van der Waals surface area contributed by atoms with Gasteiger partial charge >= 0.3 is 0 Å². The SMILES string of the molecule is c1ccc([B-](c2ccccc2P(c2ccccc2)c2ccccc2)c2ccccc2P(c2ccccc2)c2ccccc2)cc1. The van der Waals surface area contributed by atoms with E-state index in [0.29, 0.717) is 0 Å². The summed E-state index contributed by atoms with van der Waals surface area (Å²) >= 11 is 0. The summed E-state index contributed by atoms with van der Waals surface area (Å²) in [5, 5.41) is 8.25. The summed E-state index contributed by atoms with van der Waals surface area (Å²) < 4.78 is 0. The van der Waals surface area contributed by atoms with Gasteiger partial charge in [-0.15, -0.1) is 0 Å². The Morgan fingerprint density at radius 2 is 0.533 bits per heavy atom. The van der Waals surface area contributed by atoms with E-state index in [2.05, 4.69) is 200 Å². The maximum absolute atomic E-state index is 2.37. The van der Waals surface area contributed by atoms with Crippen LogP contribution < -0.4 is 48.2 Å². The fraction of sp³-hybridized carbons (Fsp3) is 0. The molecule has 0 spiro atoms. The first-order valence-corrected chi connectivity index (χ1v) is 18.1. The highest BCUT2D eigenvalue weighted by atomic mass is 31.1. The molecule has 0 N–H and O–H groups in total. The molecule has 7 aromatic rings. The van der Waals surface area contributed by atoms with Crippen LogP contribution in [0.15, 0.2) is 200 Å². The van der Waals surface area contributed by atoms with Gasteiger partial charge in [0.25, 0.3) is 0 Å². The number of hydrogen-bond donors (Lipinski definition) is 0. The third-order valence-electron chi connectivity index (χ3n) is 8.17. The molecule has 45 heavy (non-hydrogen) atoms. The Labute approximate surface area is 270 Å². The van der Waals surface area contributed by atoms with Gasteiger partial charge in [0.15, 0.2) is 0 Å². The first-order chi connectivity index (χ1) is 22.4. The van der Waals surface area contributed by atoms with Crippen LogP contribution in [0.25, 0.3) is 0 Å². The third-order valence-corrected chi connectivity index (χ3v) is 13.2. The summed E-state index contributed by atoms with van der Waals surface area (Å²) in [5.74, 6) is 0. The molecule has 7 aromatic carbocycles. The van der Waals surface area contributed by atoms with E-state index in [1.807, 2.05) is 0 Å². The molecule has 0 aliphatic carbocycles. The van der Waals surface area contributed by atoms with Crippen LogP contribution in [0.2, 0.25) is 0 Å². The number of hydrogen-bond acceptors (Lipinski definition) is 0. The predicted molar refractivity (Wildman–Crippen MR) is 201 cm³/mol. The van der Waals surface area contributed by atoms with E-state index in [4.69, 9.17) is 0 Å². The second kappa shape index (κ2) is 14.1. The topological polar surface area (TPSA) is 0 Å². The summed E-state index contributed by atoms with van der Waals surface area (Å²) in [7, 11) is -1.57. The van der Waals surface area contributed by atoms with Gasteiger partial charge in [-0.2, -0.15) is 0 Å². The van der Waals surface area contributed by atoms with Crippen molar-refractivity contribution >= 4 is 70.8 Å². The first kappa shape index (κ1) is 29.2. The highest BCUT2D eigenvalue weighted by molar-refractivity contribution is 7.81. The van der Waals surface area contributed by atoms with Crippen molar-refractivity contribution in [3.8, 4) is 0 Å². The molecular formula is C42H33BP2-. The fourth-order valence-electron chi connectivity index (χ4n) is 6.21. The van der Waals surface area contributed by atoms with Gasteiger partial charge < -0.3 is 0 Å². The highest BCUT2D eigenvalue weighted by Gasteiger charge is 2.23. The zero-order chi connectivity index (χ0) is 30.3. The van der Waals surface area contributed by atoms with Gasteiger partial charge in [-0.3, -0.25) is 0 Å². The van der Waals surface area contributed by atoms with Crippen LogP contribution in [0.4, 0.5) is 0 Å². The molecule has 0 fully saturated rings. The van der Waals surface area contributed by atoms with E-state index < -0.39 is 15.8 Å². The molecule has 0 unspecified atom stereocenters. The van der Waals surface area contributed by atoms with E-state index in [-0.39, 0.29) is 6.71 Å². The molecule has 0 bridgehead atoms. The molecule has 215 valence electrons. The Kier molecular flexibility index (Phi) is 9.11. The van der Waals surface area contributed by atoms with Crippen LogP contribution in [0.5, 0.6) is 0 Å². The molecule has 0 atom stereocenters. The van der Waals surface area contributed by atoms with Gasteiger partial charge in [-0.1, -0.05) is 211 Å². The molecule has 0 aliphatic rings. The smallest absolute Gasteiger partial charge is 0.0152 e. The van der Waals surface area contributed by atoms with Crippen molar-refractivity contribution in [2.24, 2.45) is 0 Å². The zero-order valence-electron chi connectivity index (χ0n) is 25.0. The average Bonchev–Trinajstić information content (AvgIpc) is 3.12. The van der Waals surface area contributed by atoms with Gasteiger partial charge in [-0.05, 0) is 43.8 Å². The highest BCUT2D eigenvalue weighted by Crippen LogP contribution is 2.34. The summed E-state index contributed by atoms with van der Waals surface area (Å²) in [6.07, 6.45) is 0. The molecule has 0 saturated heterocycles. The summed E-state index contributed by atoms with van der Waals surface area (Å²) in [4.78, 5) is 0. The van der Waals surface area contributed by atoms with Gasteiger partial charge in [0, 0.05) is 0 Å². The van der Waals surface area contributed by atoms with E-state index in [1.54, 1.807) is 0 Å². The molecular weight excluding hydrogens is 577 g/mol. The Morgan fingerprint density at radius 3 is 0.867 bits per heavy atom. The van der Waals surface area contributed by atoms with Crippen LogP contribution in [0.1, 0.15) is 0 Å². The van der Waals surface area contributed by atoms with Crippen LogP contribution >= 0.6 is 15.8 Å². The molecule has 7 rings (SSSR count). The van der Waals surface area contributed by atoms with Crippen molar-refractivity contribution < 1.29 is 0 Å². The molecule has 0 heterocycles. The van der Waals surface area contributed by atoms with Gasteiger partial charge in [0.2, 0.25) is 0 Å². The van der Waals surface area contributed by atoms with E-state index in [1.165, 1.54) is 48.2 Å². The van der Waals surface area contributed by atoms with Gasteiger partial charge in [0.05, 0.1) is 0 Å². The van der Waals surface area contributed by atoms with E-state index in [0.717, 1.165) is 0 Å².